The van der Waals surface area contributed by atoms with Crippen LogP contribution in [0.2, 0.25) is 0 Å². The van der Waals surface area contributed by atoms with Gasteiger partial charge in [-0.1, -0.05) is 11.3 Å². The van der Waals surface area contributed by atoms with Crippen molar-refractivity contribution in [2.45, 2.75) is 13.5 Å². The van der Waals surface area contributed by atoms with Crippen molar-refractivity contribution in [3.05, 3.63) is 29.6 Å². The first kappa shape index (κ1) is 12.8. The van der Waals surface area contributed by atoms with E-state index in [1.54, 1.807) is 18.2 Å². The lowest BCUT2D eigenvalue weighted by Crippen LogP contribution is -2.25. The predicted molar refractivity (Wildman–Crippen MR) is 67.4 cm³/mol. The molecular weight excluding hydrogens is 248 g/mol. The van der Waals surface area contributed by atoms with E-state index in [9.17, 15) is 4.79 Å². The van der Waals surface area contributed by atoms with Gasteiger partial charge in [0.1, 0.15) is 11.3 Å². The van der Waals surface area contributed by atoms with Crippen LogP contribution in [0.4, 0.5) is 5.69 Å². The minimum absolute atomic E-state index is 0.162. The van der Waals surface area contributed by atoms with Crippen LogP contribution in [0.25, 0.3) is 0 Å². The van der Waals surface area contributed by atoms with Crippen molar-refractivity contribution in [3.8, 4) is 5.75 Å². The van der Waals surface area contributed by atoms with Crippen LogP contribution in [0.3, 0.4) is 0 Å². The van der Waals surface area contributed by atoms with Crippen LogP contribution < -0.4 is 15.8 Å². The fourth-order valence-electron chi connectivity index (χ4n) is 1.57. The zero-order valence-electron chi connectivity index (χ0n) is 10.4. The van der Waals surface area contributed by atoms with Crippen molar-refractivity contribution < 1.29 is 9.53 Å². The molecule has 100 valence electrons. The summed E-state index contributed by atoms with van der Waals surface area (Å²) in [5.41, 5.74) is 6.48. The van der Waals surface area contributed by atoms with Crippen molar-refractivity contribution in [1.29, 1.82) is 0 Å². The minimum Gasteiger partial charge on any atom is -0.493 e. The zero-order valence-corrected chi connectivity index (χ0v) is 10.4. The van der Waals surface area contributed by atoms with E-state index in [1.807, 2.05) is 6.92 Å². The van der Waals surface area contributed by atoms with Gasteiger partial charge < -0.3 is 15.8 Å². The number of carbonyl (C=O) groups excluding carboxylic acids is 1. The second-order valence-corrected chi connectivity index (χ2v) is 3.66. The van der Waals surface area contributed by atoms with E-state index in [0.29, 0.717) is 29.4 Å². The number of aromatic amines is 1. The third-order valence-corrected chi connectivity index (χ3v) is 2.38. The van der Waals surface area contributed by atoms with Crippen LogP contribution in [0.15, 0.2) is 18.2 Å². The Bertz CT molecular complexity index is 554. The van der Waals surface area contributed by atoms with Crippen LogP contribution in [-0.2, 0) is 6.54 Å². The summed E-state index contributed by atoms with van der Waals surface area (Å²) in [5, 5.41) is 15.8. The molecule has 1 aromatic carbocycles. The van der Waals surface area contributed by atoms with E-state index >= 15 is 0 Å². The first-order valence-electron chi connectivity index (χ1n) is 5.74. The van der Waals surface area contributed by atoms with Gasteiger partial charge in [0, 0.05) is 5.69 Å². The molecule has 1 amide bonds. The molecule has 0 bridgehead atoms. The first-order valence-corrected chi connectivity index (χ1v) is 5.74. The number of rotatable bonds is 5. The summed E-state index contributed by atoms with van der Waals surface area (Å²) in [5.74, 6) is 0.500. The highest BCUT2D eigenvalue weighted by atomic mass is 16.5. The minimum atomic E-state index is -0.341. The number of ether oxygens (including phenoxy) is 1. The summed E-state index contributed by atoms with van der Waals surface area (Å²) < 4.78 is 5.39. The maximum absolute atomic E-state index is 12.1. The predicted octanol–water partition coefficient (Wildman–Crippen LogP) is 0.111. The fraction of sp³-hybridized carbons (Fsp3) is 0.273. The number of benzene rings is 1. The molecule has 4 N–H and O–H groups in total. The largest absolute Gasteiger partial charge is 0.493 e. The summed E-state index contributed by atoms with van der Waals surface area (Å²) in [7, 11) is 0. The summed E-state index contributed by atoms with van der Waals surface area (Å²) in [6.45, 7) is 2.45. The number of nitrogen functional groups attached to an aromatic ring is 1. The standard InChI is InChI=1S/C11H14N6O2/c1-2-19-8-5-3-4-7(12)10(8)11(18)13-6-9-14-16-17-15-9/h3-5H,2,6,12H2,1H3,(H,13,18)(H,14,15,16,17). The van der Waals surface area contributed by atoms with E-state index in [0.717, 1.165) is 0 Å². The Balaban J connectivity index is 2.13. The van der Waals surface area contributed by atoms with Gasteiger partial charge in [-0.25, -0.2) is 0 Å². The monoisotopic (exact) mass is 262 g/mol. The van der Waals surface area contributed by atoms with Crippen LogP contribution >= 0.6 is 0 Å². The number of amides is 1. The molecule has 0 saturated carbocycles. The third kappa shape index (κ3) is 2.97. The second kappa shape index (κ2) is 5.80. The molecule has 8 nitrogen and oxygen atoms in total. The quantitative estimate of drug-likeness (QED) is 0.658. The molecule has 0 unspecified atom stereocenters. The fourth-order valence-corrected chi connectivity index (χ4v) is 1.57. The second-order valence-electron chi connectivity index (χ2n) is 3.66. The van der Waals surface area contributed by atoms with Crippen molar-refractivity contribution in [3.63, 3.8) is 0 Å². The van der Waals surface area contributed by atoms with Gasteiger partial charge in [-0.3, -0.25) is 4.79 Å². The highest BCUT2D eigenvalue weighted by molar-refractivity contribution is 6.01. The van der Waals surface area contributed by atoms with Crippen molar-refractivity contribution in [2.24, 2.45) is 0 Å². The SMILES string of the molecule is CCOc1cccc(N)c1C(=O)NCc1nn[nH]n1. The Labute approximate surface area is 109 Å². The lowest BCUT2D eigenvalue weighted by atomic mass is 10.1. The number of nitrogens with zero attached hydrogens (tertiary/aromatic N) is 3. The average Bonchev–Trinajstić information content (AvgIpc) is 2.90. The lowest BCUT2D eigenvalue weighted by molar-refractivity contribution is 0.0947. The molecule has 19 heavy (non-hydrogen) atoms. The normalized spacial score (nSPS) is 10.2. The number of aromatic nitrogens is 4. The lowest BCUT2D eigenvalue weighted by Gasteiger charge is -2.11. The highest BCUT2D eigenvalue weighted by Gasteiger charge is 2.16. The van der Waals surface area contributed by atoms with Gasteiger partial charge in [0.25, 0.3) is 5.91 Å². The molecule has 0 atom stereocenters. The molecule has 0 fully saturated rings. The van der Waals surface area contributed by atoms with E-state index in [4.69, 9.17) is 10.5 Å². The first-order chi connectivity index (χ1) is 9.22. The van der Waals surface area contributed by atoms with Crippen LogP contribution in [-0.4, -0.2) is 33.1 Å². The number of hydrogen-bond donors (Lipinski definition) is 3. The Morgan fingerprint density at radius 3 is 3.05 bits per heavy atom. The summed E-state index contributed by atoms with van der Waals surface area (Å²) in [6.07, 6.45) is 0. The van der Waals surface area contributed by atoms with Gasteiger partial charge in [0.2, 0.25) is 0 Å². The Morgan fingerprint density at radius 1 is 1.53 bits per heavy atom. The molecule has 0 spiro atoms. The molecule has 1 heterocycles. The number of tetrazole rings is 1. The topological polar surface area (TPSA) is 119 Å². The third-order valence-electron chi connectivity index (χ3n) is 2.38. The molecular formula is C11H14N6O2. The Kier molecular flexibility index (Phi) is 3.91. The van der Waals surface area contributed by atoms with E-state index in [1.165, 1.54) is 0 Å². The Morgan fingerprint density at radius 2 is 2.37 bits per heavy atom. The summed E-state index contributed by atoms with van der Waals surface area (Å²) >= 11 is 0. The molecule has 8 heteroatoms. The highest BCUT2D eigenvalue weighted by Crippen LogP contribution is 2.24. The maximum Gasteiger partial charge on any atom is 0.257 e. The van der Waals surface area contributed by atoms with Gasteiger partial charge in [-0.15, -0.1) is 10.2 Å². The molecule has 2 aromatic rings. The van der Waals surface area contributed by atoms with Crippen molar-refractivity contribution >= 4 is 11.6 Å². The number of H-pyrrole nitrogens is 1. The Hall–Kier alpha value is -2.64. The molecule has 0 aliphatic carbocycles. The molecule has 2 rings (SSSR count). The number of nitrogens with one attached hydrogen (secondary N) is 2. The van der Waals surface area contributed by atoms with E-state index < -0.39 is 0 Å². The van der Waals surface area contributed by atoms with Crippen LogP contribution in [0.1, 0.15) is 23.1 Å². The number of hydrogen-bond acceptors (Lipinski definition) is 6. The van der Waals surface area contributed by atoms with Crippen molar-refractivity contribution in [1.82, 2.24) is 25.9 Å². The maximum atomic E-state index is 12.1. The van der Waals surface area contributed by atoms with Gasteiger partial charge in [0.15, 0.2) is 5.82 Å². The summed E-state index contributed by atoms with van der Waals surface area (Å²) in [4.78, 5) is 12.1. The average molecular weight is 262 g/mol. The van der Waals surface area contributed by atoms with E-state index in [-0.39, 0.29) is 12.5 Å². The van der Waals surface area contributed by atoms with Gasteiger partial charge in [-0.05, 0) is 19.1 Å². The molecule has 0 radical (unpaired) electrons. The zero-order chi connectivity index (χ0) is 13.7. The molecule has 1 aromatic heterocycles. The number of carbonyl (C=O) groups is 1. The van der Waals surface area contributed by atoms with Gasteiger partial charge in [-0.2, -0.15) is 5.21 Å². The van der Waals surface area contributed by atoms with Crippen molar-refractivity contribution in [2.75, 3.05) is 12.3 Å². The number of anilines is 1. The van der Waals surface area contributed by atoms with Crippen LogP contribution in [0, 0.1) is 0 Å². The van der Waals surface area contributed by atoms with Gasteiger partial charge in [0.05, 0.1) is 13.2 Å². The van der Waals surface area contributed by atoms with Gasteiger partial charge >= 0.3 is 0 Å². The molecule has 0 saturated heterocycles. The molecule has 0 aliphatic heterocycles. The van der Waals surface area contributed by atoms with Crippen LogP contribution in [0.5, 0.6) is 5.75 Å². The summed E-state index contributed by atoms with van der Waals surface area (Å²) in [6, 6.07) is 5.07. The molecule has 0 aliphatic rings. The number of nitrogens with two attached hydrogens (primary N) is 1. The smallest absolute Gasteiger partial charge is 0.257 e. The van der Waals surface area contributed by atoms with E-state index in [2.05, 4.69) is 25.9 Å².